The van der Waals surface area contributed by atoms with Crippen molar-refractivity contribution in [3.8, 4) is 5.75 Å². The van der Waals surface area contributed by atoms with E-state index in [1.54, 1.807) is 0 Å². The summed E-state index contributed by atoms with van der Waals surface area (Å²) in [4.78, 5) is 12.6. The van der Waals surface area contributed by atoms with Crippen LogP contribution in [0.2, 0.25) is 15.1 Å². The Bertz CT molecular complexity index is 1180. The van der Waals surface area contributed by atoms with Gasteiger partial charge in [-0.15, -0.1) is 0 Å². The molecule has 0 aliphatic rings. The third kappa shape index (κ3) is 4.85. The lowest BCUT2D eigenvalue weighted by Crippen LogP contribution is -2.13. The number of methoxy groups -OCH3 is 1. The van der Waals surface area contributed by atoms with Gasteiger partial charge in [-0.3, -0.25) is 4.79 Å². The van der Waals surface area contributed by atoms with Crippen LogP contribution in [0.25, 0.3) is 0 Å². The number of hydrogen-bond acceptors (Lipinski definition) is 4. The number of sulfone groups is 1. The topological polar surface area (TPSA) is 72.5 Å². The Labute approximate surface area is 183 Å². The first-order chi connectivity index (χ1) is 13.7. The van der Waals surface area contributed by atoms with E-state index in [2.05, 4.69) is 5.32 Å². The van der Waals surface area contributed by atoms with Crippen LogP contribution >= 0.6 is 34.8 Å². The van der Waals surface area contributed by atoms with Crippen LogP contribution in [0.4, 0.5) is 5.69 Å². The molecule has 0 spiro atoms. The zero-order chi connectivity index (χ0) is 21.2. The largest absolute Gasteiger partial charge is 0.497 e. The van der Waals surface area contributed by atoms with Gasteiger partial charge >= 0.3 is 0 Å². The van der Waals surface area contributed by atoms with Crippen LogP contribution in [0.5, 0.6) is 5.75 Å². The average molecular weight is 471 g/mol. The molecule has 150 valence electrons. The van der Waals surface area contributed by atoms with Crippen LogP contribution in [-0.4, -0.2) is 21.4 Å². The van der Waals surface area contributed by atoms with Gasteiger partial charge in [0, 0.05) is 21.8 Å². The van der Waals surface area contributed by atoms with Gasteiger partial charge < -0.3 is 10.1 Å². The highest BCUT2D eigenvalue weighted by molar-refractivity contribution is 7.91. The van der Waals surface area contributed by atoms with Crippen molar-refractivity contribution < 1.29 is 17.9 Å². The van der Waals surface area contributed by atoms with Gasteiger partial charge in [0.15, 0.2) is 0 Å². The summed E-state index contributed by atoms with van der Waals surface area (Å²) in [7, 11) is -2.46. The SMILES string of the molecule is COc1cc(NC(=O)c2ccc(Cl)cc2Cl)cc(S(=O)(=O)c2ccc(Cl)cc2)c1. The number of ether oxygens (including phenoxy) is 1. The van der Waals surface area contributed by atoms with Crippen molar-refractivity contribution in [2.75, 3.05) is 12.4 Å². The minimum Gasteiger partial charge on any atom is -0.497 e. The van der Waals surface area contributed by atoms with Crippen molar-refractivity contribution >= 4 is 56.2 Å². The van der Waals surface area contributed by atoms with Crippen molar-refractivity contribution in [2.24, 2.45) is 0 Å². The van der Waals surface area contributed by atoms with Gasteiger partial charge in [-0.25, -0.2) is 8.42 Å². The predicted octanol–water partition coefficient (Wildman–Crippen LogP) is 5.74. The summed E-state index contributed by atoms with van der Waals surface area (Å²) < 4.78 is 31.1. The third-order valence-corrected chi connectivity index (χ3v) is 6.53. The molecule has 0 aliphatic heterocycles. The van der Waals surface area contributed by atoms with E-state index in [4.69, 9.17) is 39.5 Å². The van der Waals surface area contributed by atoms with Crippen LogP contribution < -0.4 is 10.1 Å². The van der Waals surface area contributed by atoms with E-state index < -0.39 is 15.7 Å². The zero-order valence-corrected chi connectivity index (χ0v) is 18.0. The van der Waals surface area contributed by atoms with Crippen LogP contribution in [0, 0.1) is 0 Å². The highest BCUT2D eigenvalue weighted by atomic mass is 35.5. The summed E-state index contributed by atoms with van der Waals surface area (Å²) in [5.74, 6) is -0.257. The molecule has 0 atom stereocenters. The summed E-state index contributed by atoms with van der Waals surface area (Å²) in [6.07, 6.45) is 0. The molecule has 3 aromatic carbocycles. The van der Waals surface area contributed by atoms with E-state index in [1.165, 1.54) is 67.8 Å². The fraction of sp³-hybridized carbons (Fsp3) is 0.0500. The second-order valence-corrected chi connectivity index (χ2v) is 9.16. The monoisotopic (exact) mass is 469 g/mol. The van der Waals surface area contributed by atoms with E-state index in [-0.39, 0.29) is 31.8 Å². The number of halogens is 3. The number of benzene rings is 3. The number of carbonyl (C=O) groups is 1. The Morgan fingerprint density at radius 3 is 2.14 bits per heavy atom. The summed E-state index contributed by atoms with van der Waals surface area (Å²) >= 11 is 17.8. The van der Waals surface area contributed by atoms with Gasteiger partial charge in [0.25, 0.3) is 5.91 Å². The maximum atomic E-state index is 13.0. The van der Waals surface area contributed by atoms with Gasteiger partial charge in [0.2, 0.25) is 9.84 Å². The van der Waals surface area contributed by atoms with Crippen molar-refractivity contribution in [2.45, 2.75) is 9.79 Å². The molecule has 0 aromatic heterocycles. The molecule has 0 bridgehead atoms. The normalized spacial score (nSPS) is 11.2. The predicted molar refractivity (Wildman–Crippen MR) is 114 cm³/mol. The molecule has 1 amide bonds. The Morgan fingerprint density at radius 1 is 0.862 bits per heavy atom. The molecule has 0 aliphatic carbocycles. The lowest BCUT2D eigenvalue weighted by Gasteiger charge is -2.12. The molecule has 5 nitrogen and oxygen atoms in total. The molecule has 1 N–H and O–H groups in total. The molecule has 0 saturated carbocycles. The lowest BCUT2D eigenvalue weighted by atomic mass is 10.2. The number of anilines is 1. The Morgan fingerprint density at radius 2 is 1.52 bits per heavy atom. The maximum absolute atomic E-state index is 13.0. The van der Waals surface area contributed by atoms with Gasteiger partial charge in [-0.1, -0.05) is 34.8 Å². The van der Waals surface area contributed by atoms with E-state index >= 15 is 0 Å². The molecule has 0 heterocycles. The standard InChI is InChI=1S/C20H14Cl3NO4S/c1-28-15-9-14(24-20(25)18-7-4-13(22)8-19(18)23)10-17(11-15)29(26,27)16-5-2-12(21)3-6-16/h2-11H,1H3,(H,24,25). The maximum Gasteiger partial charge on any atom is 0.257 e. The van der Waals surface area contributed by atoms with Gasteiger partial charge in [-0.2, -0.15) is 0 Å². The fourth-order valence-electron chi connectivity index (χ4n) is 2.54. The van der Waals surface area contributed by atoms with Crippen LogP contribution in [-0.2, 0) is 9.84 Å². The second-order valence-electron chi connectivity index (χ2n) is 5.93. The molecular formula is C20H14Cl3NO4S. The van der Waals surface area contributed by atoms with E-state index in [0.717, 1.165) is 0 Å². The Kier molecular flexibility index (Phi) is 6.39. The summed E-state index contributed by atoms with van der Waals surface area (Å²) in [5, 5.41) is 3.62. The smallest absolute Gasteiger partial charge is 0.257 e. The van der Waals surface area contributed by atoms with Gasteiger partial charge in [0.05, 0.1) is 27.5 Å². The number of hydrogen-bond donors (Lipinski definition) is 1. The number of nitrogens with one attached hydrogen (secondary N) is 1. The molecule has 0 fully saturated rings. The minimum absolute atomic E-state index is 0.0447. The highest BCUT2D eigenvalue weighted by Crippen LogP contribution is 2.30. The van der Waals surface area contributed by atoms with Crippen molar-refractivity contribution in [3.05, 3.63) is 81.3 Å². The van der Waals surface area contributed by atoms with E-state index in [1.807, 2.05) is 0 Å². The average Bonchev–Trinajstić information content (AvgIpc) is 2.67. The quantitative estimate of drug-likeness (QED) is 0.516. The number of carbonyl (C=O) groups excluding carboxylic acids is 1. The first-order valence-corrected chi connectivity index (χ1v) is 10.8. The van der Waals surface area contributed by atoms with Gasteiger partial charge in [0.1, 0.15) is 5.75 Å². The zero-order valence-electron chi connectivity index (χ0n) is 14.9. The molecule has 0 radical (unpaired) electrons. The van der Waals surface area contributed by atoms with E-state index in [0.29, 0.717) is 10.0 Å². The first-order valence-electron chi connectivity index (χ1n) is 8.17. The molecule has 3 rings (SSSR count). The van der Waals surface area contributed by atoms with Crippen molar-refractivity contribution in [3.63, 3.8) is 0 Å². The van der Waals surface area contributed by atoms with Crippen LogP contribution in [0.1, 0.15) is 10.4 Å². The molecular weight excluding hydrogens is 457 g/mol. The summed E-state index contributed by atoms with van der Waals surface area (Å²) in [6.45, 7) is 0. The number of amides is 1. The van der Waals surface area contributed by atoms with Crippen LogP contribution in [0.3, 0.4) is 0 Å². The molecule has 3 aromatic rings. The lowest BCUT2D eigenvalue weighted by molar-refractivity contribution is 0.102. The molecule has 29 heavy (non-hydrogen) atoms. The molecule has 9 heteroatoms. The molecule has 0 unspecified atom stereocenters. The first kappa shape index (κ1) is 21.5. The van der Waals surface area contributed by atoms with Gasteiger partial charge in [-0.05, 0) is 54.6 Å². The molecule has 0 saturated heterocycles. The third-order valence-electron chi connectivity index (χ3n) is 3.98. The number of rotatable bonds is 5. The Balaban J connectivity index is 1.99. The highest BCUT2D eigenvalue weighted by Gasteiger charge is 2.20. The Hall–Kier alpha value is -2.25. The summed E-state index contributed by atoms with van der Waals surface area (Å²) in [6, 6.07) is 14.5. The van der Waals surface area contributed by atoms with Crippen LogP contribution in [0.15, 0.2) is 70.5 Å². The second kappa shape index (κ2) is 8.63. The van der Waals surface area contributed by atoms with E-state index in [9.17, 15) is 13.2 Å². The minimum atomic E-state index is -3.86. The van der Waals surface area contributed by atoms with Crippen molar-refractivity contribution in [1.82, 2.24) is 0 Å². The fourth-order valence-corrected chi connectivity index (χ4v) is 4.48. The van der Waals surface area contributed by atoms with Crippen molar-refractivity contribution in [1.29, 1.82) is 0 Å². The summed E-state index contributed by atoms with van der Waals surface area (Å²) in [5.41, 5.74) is 0.425.